The minimum absolute atomic E-state index is 0.192. The van der Waals surface area contributed by atoms with Crippen molar-refractivity contribution in [1.82, 2.24) is 0 Å². The summed E-state index contributed by atoms with van der Waals surface area (Å²) in [5.41, 5.74) is 0.780. The first-order chi connectivity index (χ1) is 11.0. The molecule has 3 aliphatic rings. The van der Waals surface area contributed by atoms with Gasteiger partial charge >= 0.3 is 0 Å². The van der Waals surface area contributed by atoms with Crippen LogP contribution in [-0.4, -0.2) is 13.2 Å². The van der Waals surface area contributed by atoms with Gasteiger partial charge in [0, 0.05) is 11.5 Å². The fourth-order valence-electron chi connectivity index (χ4n) is 4.83. The molecular weight excluding hydrogens is 305 g/mol. The van der Waals surface area contributed by atoms with E-state index in [1.165, 1.54) is 25.7 Å². The van der Waals surface area contributed by atoms with Gasteiger partial charge in [-0.2, -0.15) is 0 Å². The van der Waals surface area contributed by atoms with Crippen molar-refractivity contribution in [3.8, 4) is 0 Å². The third kappa shape index (κ3) is 2.68. The number of ether oxygens (including phenoxy) is 2. The van der Waals surface area contributed by atoms with Gasteiger partial charge in [-0.3, -0.25) is 0 Å². The fraction of sp³-hybridized carbons (Fsp3) is 0.667. The largest absolute Gasteiger partial charge is 0.348 e. The Labute approximate surface area is 134 Å². The van der Waals surface area contributed by atoms with Crippen molar-refractivity contribution in [1.29, 1.82) is 0 Å². The SMILES string of the molecule is CC1CC2(C1)CC(C1COC(c3cc(F)c(F)c(F)c3)OC1)C2. The van der Waals surface area contributed by atoms with Crippen molar-refractivity contribution in [2.75, 3.05) is 13.2 Å². The van der Waals surface area contributed by atoms with Crippen molar-refractivity contribution in [2.45, 2.75) is 38.9 Å². The predicted octanol–water partition coefficient (Wildman–Crippen LogP) is 4.59. The fourth-order valence-corrected chi connectivity index (χ4v) is 4.83. The normalized spacial score (nSPS) is 39.8. The van der Waals surface area contributed by atoms with Crippen LogP contribution in [-0.2, 0) is 9.47 Å². The first kappa shape index (κ1) is 15.5. The second kappa shape index (κ2) is 5.49. The van der Waals surface area contributed by atoms with Gasteiger partial charge in [-0.1, -0.05) is 6.92 Å². The zero-order chi connectivity index (χ0) is 16.2. The average Bonchev–Trinajstić information content (AvgIpc) is 2.47. The van der Waals surface area contributed by atoms with Crippen LogP contribution in [0.25, 0.3) is 0 Å². The Kier molecular flexibility index (Phi) is 3.69. The first-order valence-corrected chi connectivity index (χ1v) is 8.33. The molecule has 1 heterocycles. The molecule has 4 rings (SSSR count). The monoisotopic (exact) mass is 326 g/mol. The van der Waals surface area contributed by atoms with Gasteiger partial charge in [0.1, 0.15) is 0 Å². The molecule has 0 unspecified atom stereocenters. The highest BCUT2D eigenvalue weighted by Crippen LogP contribution is 2.62. The van der Waals surface area contributed by atoms with Crippen LogP contribution in [0.1, 0.15) is 44.5 Å². The van der Waals surface area contributed by atoms with Gasteiger partial charge in [-0.05, 0) is 55.1 Å². The van der Waals surface area contributed by atoms with Crippen molar-refractivity contribution in [2.24, 2.45) is 23.2 Å². The molecule has 1 aromatic rings. The van der Waals surface area contributed by atoms with Gasteiger partial charge in [0.05, 0.1) is 13.2 Å². The zero-order valence-electron chi connectivity index (χ0n) is 13.2. The van der Waals surface area contributed by atoms with Crippen molar-refractivity contribution in [3.63, 3.8) is 0 Å². The van der Waals surface area contributed by atoms with Gasteiger partial charge in [0.15, 0.2) is 23.7 Å². The molecule has 1 aromatic carbocycles. The highest BCUT2D eigenvalue weighted by Gasteiger charge is 2.53. The quantitative estimate of drug-likeness (QED) is 0.740. The molecule has 5 heteroatoms. The number of rotatable bonds is 2. The summed E-state index contributed by atoms with van der Waals surface area (Å²) < 4.78 is 50.9. The number of hydrogen-bond donors (Lipinski definition) is 0. The van der Waals surface area contributed by atoms with E-state index in [0.29, 0.717) is 30.5 Å². The van der Waals surface area contributed by atoms with Crippen LogP contribution in [0.3, 0.4) is 0 Å². The van der Waals surface area contributed by atoms with E-state index in [4.69, 9.17) is 9.47 Å². The summed E-state index contributed by atoms with van der Waals surface area (Å²) in [6.45, 7) is 3.36. The zero-order valence-corrected chi connectivity index (χ0v) is 13.2. The van der Waals surface area contributed by atoms with Crippen LogP contribution < -0.4 is 0 Å². The average molecular weight is 326 g/mol. The molecule has 2 nitrogen and oxygen atoms in total. The summed E-state index contributed by atoms with van der Waals surface area (Å²) in [7, 11) is 0. The molecule has 2 saturated carbocycles. The second-order valence-corrected chi connectivity index (χ2v) is 7.74. The Hall–Kier alpha value is -1.07. The maximum Gasteiger partial charge on any atom is 0.194 e. The van der Waals surface area contributed by atoms with E-state index in [-0.39, 0.29) is 5.56 Å². The van der Waals surface area contributed by atoms with Gasteiger partial charge in [-0.25, -0.2) is 13.2 Å². The maximum atomic E-state index is 13.3. The highest BCUT2D eigenvalue weighted by molar-refractivity contribution is 5.20. The van der Waals surface area contributed by atoms with E-state index in [1.54, 1.807) is 0 Å². The van der Waals surface area contributed by atoms with Crippen molar-refractivity contribution >= 4 is 0 Å². The Morgan fingerprint density at radius 3 is 2.00 bits per heavy atom. The van der Waals surface area contributed by atoms with Crippen LogP contribution in [0.2, 0.25) is 0 Å². The van der Waals surface area contributed by atoms with Gasteiger partial charge < -0.3 is 9.47 Å². The van der Waals surface area contributed by atoms with Crippen molar-refractivity contribution in [3.05, 3.63) is 35.1 Å². The molecule has 1 aliphatic heterocycles. The lowest BCUT2D eigenvalue weighted by molar-refractivity contribution is -0.229. The van der Waals surface area contributed by atoms with E-state index in [0.717, 1.165) is 18.1 Å². The Morgan fingerprint density at radius 2 is 1.48 bits per heavy atom. The standard InChI is InChI=1S/C18H21F3O2/c1-10-4-18(5-10)6-12(7-18)13-8-22-17(23-9-13)11-2-14(19)16(21)15(20)3-11/h2-3,10,12-13,17H,4-9H2,1H3. The minimum atomic E-state index is -1.46. The van der Waals surface area contributed by atoms with Gasteiger partial charge in [0.25, 0.3) is 0 Å². The summed E-state index contributed by atoms with van der Waals surface area (Å²) in [6, 6.07) is 1.88. The highest BCUT2D eigenvalue weighted by atomic mass is 19.2. The molecule has 0 bridgehead atoms. The molecule has 3 fully saturated rings. The smallest absolute Gasteiger partial charge is 0.194 e. The maximum absolute atomic E-state index is 13.3. The number of halogens is 3. The Balaban J connectivity index is 1.33. The summed E-state index contributed by atoms with van der Waals surface area (Å²) in [6.07, 6.45) is 4.37. The Bertz CT molecular complexity index is 573. The van der Waals surface area contributed by atoms with E-state index in [9.17, 15) is 13.2 Å². The van der Waals surface area contributed by atoms with Crippen LogP contribution in [0.15, 0.2) is 12.1 Å². The minimum Gasteiger partial charge on any atom is -0.348 e. The summed E-state index contributed by atoms with van der Waals surface area (Å²) in [5.74, 6) is -2.05. The lowest BCUT2D eigenvalue weighted by atomic mass is 9.47. The van der Waals surface area contributed by atoms with E-state index in [2.05, 4.69) is 6.92 Å². The molecule has 0 atom stereocenters. The molecule has 0 aromatic heterocycles. The topological polar surface area (TPSA) is 18.5 Å². The first-order valence-electron chi connectivity index (χ1n) is 8.33. The molecule has 2 aliphatic carbocycles. The van der Waals surface area contributed by atoms with Crippen LogP contribution in [0.4, 0.5) is 13.2 Å². The third-order valence-electron chi connectivity index (χ3n) is 5.82. The van der Waals surface area contributed by atoms with Crippen molar-refractivity contribution < 1.29 is 22.6 Å². The molecule has 126 valence electrons. The molecule has 0 radical (unpaired) electrons. The van der Waals surface area contributed by atoms with Crippen LogP contribution in [0, 0.1) is 40.6 Å². The second-order valence-electron chi connectivity index (χ2n) is 7.74. The third-order valence-corrected chi connectivity index (χ3v) is 5.82. The number of benzene rings is 1. The van der Waals surface area contributed by atoms with Gasteiger partial charge in [0.2, 0.25) is 0 Å². The molecule has 0 amide bonds. The van der Waals surface area contributed by atoms with E-state index in [1.807, 2.05) is 0 Å². The van der Waals surface area contributed by atoms with E-state index >= 15 is 0 Å². The lowest BCUT2D eigenvalue weighted by Gasteiger charge is -2.59. The summed E-state index contributed by atoms with van der Waals surface area (Å²) in [4.78, 5) is 0. The van der Waals surface area contributed by atoms with Crippen LogP contribution in [0.5, 0.6) is 0 Å². The molecule has 23 heavy (non-hydrogen) atoms. The lowest BCUT2D eigenvalue weighted by Crippen LogP contribution is -2.51. The Morgan fingerprint density at radius 1 is 0.913 bits per heavy atom. The van der Waals surface area contributed by atoms with Crippen LogP contribution >= 0.6 is 0 Å². The van der Waals surface area contributed by atoms with Gasteiger partial charge in [-0.15, -0.1) is 0 Å². The molecule has 1 saturated heterocycles. The molecule has 0 N–H and O–H groups in total. The van der Waals surface area contributed by atoms with E-state index < -0.39 is 23.7 Å². The summed E-state index contributed by atoms with van der Waals surface area (Å²) in [5, 5.41) is 0. The molecule has 1 spiro atoms. The molecular formula is C18H21F3O2. The predicted molar refractivity (Wildman–Crippen MR) is 78.0 cm³/mol. The number of hydrogen-bond acceptors (Lipinski definition) is 2. The summed E-state index contributed by atoms with van der Waals surface area (Å²) >= 11 is 0.